The standard InChI is InChI=1S/C13H19NO/c1-9-7-12(15-3)10(2)6-11(9)8-13(14)4-5-13/h6-7H,4-5,8,14H2,1-3H3. The highest BCUT2D eigenvalue weighted by Gasteiger charge is 2.38. The molecule has 82 valence electrons. The molecular formula is C13H19NO. The molecule has 15 heavy (non-hydrogen) atoms. The summed E-state index contributed by atoms with van der Waals surface area (Å²) in [5, 5.41) is 0. The quantitative estimate of drug-likeness (QED) is 0.822. The Morgan fingerprint density at radius 1 is 1.27 bits per heavy atom. The van der Waals surface area contributed by atoms with Crippen LogP contribution in [0.5, 0.6) is 5.75 Å². The average molecular weight is 205 g/mol. The number of methoxy groups -OCH3 is 1. The van der Waals surface area contributed by atoms with Gasteiger partial charge >= 0.3 is 0 Å². The molecule has 0 aliphatic heterocycles. The van der Waals surface area contributed by atoms with Crippen LogP contribution in [0.1, 0.15) is 29.5 Å². The lowest BCUT2D eigenvalue weighted by Crippen LogP contribution is -2.24. The van der Waals surface area contributed by atoms with Gasteiger partial charge in [-0.2, -0.15) is 0 Å². The van der Waals surface area contributed by atoms with E-state index >= 15 is 0 Å². The first kappa shape index (κ1) is 10.5. The summed E-state index contributed by atoms with van der Waals surface area (Å²) >= 11 is 0. The van der Waals surface area contributed by atoms with Crippen LogP contribution in [0.15, 0.2) is 12.1 Å². The van der Waals surface area contributed by atoms with Crippen molar-refractivity contribution in [3.63, 3.8) is 0 Å². The van der Waals surface area contributed by atoms with Crippen molar-refractivity contribution in [3.8, 4) is 5.75 Å². The fraction of sp³-hybridized carbons (Fsp3) is 0.538. The minimum atomic E-state index is 0.0891. The summed E-state index contributed by atoms with van der Waals surface area (Å²) in [6.07, 6.45) is 3.33. The molecular weight excluding hydrogens is 186 g/mol. The third-order valence-corrected chi connectivity index (χ3v) is 3.29. The second-order valence-corrected chi connectivity index (χ2v) is 4.79. The predicted octanol–water partition coefficient (Wildman–Crippen LogP) is 2.35. The highest BCUT2D eigenvalue weighted by atomic mass is 16.5. The van der Waals surface area contributed by atoms with E-state index in [0.717, 1.165) is 25.0 Å². The Hall–Kier alpha value is -1.02. The maximum atomic E-state index is 6.14. The first-order valence-electron chi connectivity index (χ1n) is 5.47. The summed E-state index contributed by atoms with van der Waals surface area (Å²) in [6, 6.07) is 4.32. The normalized spacial score (nSPS) is 17.6. The molecule has 2 rings (SSSR count). The fourth-order valence-corrected chi connectivity index (χ4v) is 1.98. The Balaban J connectivity index is 2.28. The molecule has 2 nitrogen and oxygen atoms in total. The molecule has 0 atom stereocenters. The van der Waals surface area contributed by atoms with Crippen molar-refractivity contribution in [2.75, 3.05) is 7.11 Å². The highest BCUT2D eigenvalue weighted by Crippen LogP contribution is 2.37. The minimum absolute atomic E-state index is 0.0891. The number of ether oxygens (including phenoxy) is 1. The van der Waals surface area contributed by atoms with Gasteiger partial charge in [-0.3, -0.25) is 0 Å². The van der Waals surface area contributed by atoms with E-state index in [-0.39, 0.29) is 5.54 Å². The zero-order valence-electron chi connectivity index (χ0n) is 9.76. The number of aryl methyl sites for hydroxylation is 2. The molecule has 1 aromatic rings. The molecule has 2 heteroatoms. The molecule has 1 aliphatic carbocycles. The summed E-state index contributed by atoms with van der Waals surface area (Å²) < 4.78 is 5.30. The molecule has 0 heterocycles. The number of nitrogens with two attached hydrogens (primary N) is 1. The Morgan fingerprint density at radius 2 is 1.93 bits per heavy atom. The second kappa shape index (κ2) is 3.53. The van der Waals surface area contributed by atoms with Crippen LogP contribution in [0.4, 0.5) is 0 Å². The van der Waals surface area contributed by atoms with Crippen molar-refractivity contribution in [1.82, 2.24) is 0 Å². The summed E-state index contributed by atoms with van der Waals surface area (Å²) in [6.45, 7) is 4.21. The van der Waals surface area contributed by atoms with Crippen LogP contribution in [0.25, 0.3) is 0 Å². The molecule has 0 unspecified atom stereocenters. The van der Waals surface area contributed by atoms with E-state index in [0.29, 0.717) is 0 Å². The van der Waals surface area contributed by atoms with Crippen LogP contribution >= 0.6 is 0 Å². The van der Waals surface area contributed by atoms with E-state index in [4.69, 9.17) is 10.5 Å². The number of hydrogen-bond donors (Lipinski definition) is 1. The maximum absolute atomic E-state index is 6.14. The van der Waals surface area contributed by atoms with Crippen LogP contribution in [0.3, 0.4) is 0 Å². The smallest absolute Gasteiger partial charge is 0.122 e. The Morgan fingerprint density at radius 3 is 2.47 bits per heavy atom. The molecule has 0 aromatic heterocycles. The number of rotatable bonds is 3. The van der Waals surface area contributed by atoms with E-state index in [1.807, 2.05) is 0 Å². The summed E-state index contributed by atoms with van der Waals surface area (Å²) in [5.41, 5.74) is 10.1. The van der Waals surface area contributed by atoms with Gasteiger partial charge in [-0.25, -0.2) is 0 Å². The number of benzene rings is 1. The van der Waals surface area contributed by atoms with E-state index in [2.05, 4.69) is 26.0 Å². The van der Waals surface area contributed by atoms with Gasteiger partial charge in [0.2, 0.25) is 0 Å². The second-order valence-electron chi connectivity index (χ2n) is 4.79. The van der Waals surface area contributed by atoms with E-state index < -0.39 is 0 Å². The Bertz CT molecular complexity index is 380. The molecule has 1 fully saturated rings. The predicted molar refractivity (Wildman–Crippen MR) is 62.3 cm³/mol. The molecule has 0 spiro atoms. The Labute approximate surface area is 91.4 Å². The molecule has 2 N–H and O–H groups in total. The van der Waals surface area contributed by atoms with Gasteiger partial charge in [0.1, 0.15) is 5.75 Å². The van der Waals surface area contributed by atoms with Gasteiger partial charge in [-0.05, 0) is 55.9 Å². The van der Waals surface area contributed by atoms with Gasteiger partial charge in [-0.15, -0.1) is 0 Å². The average Bonchev–Trinajstić information content (AvgIpc) is 2.89. The minimum Gasteiger partial charge on any atom is -0.496 e. The molecule has 0 bridgehead atoms. The molecule has 0 radical (unpaired) electrons. The van der Waals surface area contributed by atoms with Gasteiger partial charge in [-0.1, -0.05) is 6.07 Å². The van der Waals surface area contributed by atoms with Crippen molar-refractivity contribution >= 4 is 0 Å². The topological polar surface area (TPSA) is 35.2 Å². The molecule has 0 saturated heterocycles. The fourth-order valence-electron chi connectivity index (χ4n) is 1.98. The first-order chi connectivity index (χ1) is 7.04. The highest BCUT2D eigenvalue weighted by molar-refractivity contribution is 5.42. The van der Waals surface area contributed by atoms with E-state index in [9.17, 15) is 0 Å². The third-order valence-electron chi connectivity index (χ3n) is 3.29. The van der Waals surface area contributed by atoms with Crippen LogP contribution in [-0.2, 0) is 6.42 Å². The van der Waals surface area contributed by atoms with Crippen molar-refractivity contribution in [2.45, 2.75) is 38.6 Å². The van der Waals surface area contributed by atoms with Crippen molar-refractivity contribution in [2.24, 2.45) is 5.73 Å². The zero-order chi connectivity index (χ0) is 11.1. The number of hydrogen-bond acceptors (Lipinski definition) is 2. The lowest BCUT2D eigenvalue weighted by atomic mass is 9.97. The largest absolute Gasteiger partial charge is 0.496 e. The van der Waals surface area contributed by atoms with Gasteiger partial charge < -0.3 is 10.5 Å². The molecule has 1 aromatic carbocycles. The lowest BCUT2D eigenvalue weighted by molar-refractivity contribution is 0.411. The monoisotopic (exact) mass is 205 g/mol. The van der Waals surface area contributed by atoms with Crippen LogP contribution in [0, 0.1) is 13.8 Å². The molecule has 1 aliphatic rings. The van der Waals surface area contributed by atoms with Gasteiger partial charge in [0.15, 0.2) is 0 Å². The molecule has 1 saturated carbocycles. The van der Waals surface area contributed by atoms with Gasteiger partial charge in [0.05, 0.1) is 7.11 Å². The zero-order valence-corrected chi connectivity index (χ0v) is 9.76. The van der Waals surface area contributed by atoms with Crippen molar-refractivity contribution in [3.05, 3.63) is 28.8 Å². The van der Waals surface area contributed by atoms with Crippen molar-refractivity contribution in [1.29, 1.82) is 0 Å². The maximum Gasteiger partial charge on any atom is 0.122 e. The van der Waals surface area contributed by atoms with Gasteiger partial charge in [0, 0.05) is 5.54 Å². The van der Waals surface area contributed by atoms with Crippen LogP contribution < -0.4 is 10.5 Å². The lowest BCUT2D eigenvalue weighted by Gasteiger charge is -2.14. The summed E-state index contributed by atoms with van der Waals surface area (Å²) in [4.78, 5) is 0. The molecule has 0 amide bonds. The van der Waals surface area contributed by atoms with E-state index in [1.54, 1.807) is 7.11 Å². The van der Waals surface area contributed by atoms with Gasteiger partial charge in [0.25, 0.3) is 0 Å². The summed E-state index contributed by atoms with van der Waals surface area (Å²) in [7, 11) is 1.72. The van der Waals surface area contributed by atoms with Crippen molar-refractivity contribution < 1.29 is 4.74 Å². The summed E-state index contributed by atoms with van der Waals surface area (Å²) in [5.74, 6) is 0.970. The van der Waals surface area contributed by atoms with Crippen LogP contribution in [0.2, 0.25) is 0 Å². The first-order valence-corrected chi connectivity index (χ1v) is 5.47. The Kier molecular flexibility index (Phi) is 2.47. The third kappa shape index (κ3) is 2.15. The van der Waals surface area contributed by atoms with Crippen LogP contribution in [-0.4, -0.2) is 12.6 Å². The SMILES string of the molecule is COc1cc(C)c(CC2(N)CC2)cc1C. The van der Waals surface area contributed by atoms with E-state index in [1.165, 1.54) is 16.7 Å².